The van der Waals surface area contributed by atoms with E-state index in [0.29, 0.717) is 10.8 Å². The van der Waals surface area contributed by atoms with E-state index in [1.165, 1.54) is 37.3 Å². The van der Waals surface area contributed by atoms with Gasteiger partial charge in [0.25, 0.3) is 10.0 Å². The first-order valence-corrected chi connectivity index (χ1v) is 18.2. The number of carbonyl (C=O) groups is 2. The summed E-state index contributed by atoms with van der Waals surface area (Å²) in [6, 6.07) is 28.5. The molecule has 4 aromatic carbocycles. The van der Waals surface area contributed by atoms with Gasteiger partial charge >= 0.3 is 0 Å². The summed E-state index contributed by atoms with van der Waals surface area (Å²) in [4.78, 5) is 30.3. The molecule has 4 aromatic rings. The highest BCUT2D eigenvalue weighted by atomic mass is 35.5. The van der Waals surface area contributed by atoms with Crippen LogP contribution in [0.2, 0.25) is 5.02 Å². The number of nitrogens with one attached hydrogen (secondary N) is 1. The third kappa shape index (κ3) is 9.13. The largest absolute Gasteiger partial charge is 0.493 e. The van der Waals surface area contributed by atoms with Gasteiger partial charge in [0.1, 0.15) is 12.6 Å². The summed E-state index contributed by atoms with van der Waals surface area (Å²) in [6.07, 6.45) is 5.21. The number of amides is 2. The molecular weight excluding hydrogens is 662 g/mol. The lowest BCUT2D eigenvalue weighted by atomic mass is 9.94. The summed E-state index contributed by atoms with van der Waals surface area (Å²) in [6.45, 7) is -0.479. The van der Waals surface area contributed by atoms with Crippen LogP contribution in [0.3, 0.4) is 0 Å². The Balaban J connectivity index is 1.56. The van der Waals surface area contributed by atoms with Crippen LogP contribution < -0.4 is 19.1 Å². The van der Waals surface area contributed by atoms with E-state index in [4.69, 9.17) is 21.1 Å². The van der Waals surface area contributed by atoms with Gasteiger partial charge in [-0.3, -0.25) is 13.9 Å². The fraction of sp³-hybridized carbons (Fsp3) is 0.316. The molecule has 1 aliphatic rings. The van der Waals surface area contributed by atoms with E-state index >= 15 is 0 Å². The zero-order chi connectivity index (χ0) is 34.8. The molecule has 5 rings (SSSR count). The summed E-state index contributed by atoms with van der Waals surface area (Å²) in [5.41, 5.74) is 1.92. The number of sulfonamides is 1. The number of carbonyl (C=O) groups excluding carboxylic acids is 2. The van der Waals surface area contributed by atoms with Gasteiger partial charge in [0.05, 0.1) is 24.8 Å². The summed E-state index contributed by atoms with van der Waals surface area (Å²) in [5, 5.41) is 3.63. The van der Waals surface area contributed by atoms with Crippen LogP contribution in [0.4, 0.5) is 5.69 Å². The Morgan fingerprint density at radius 1 is 0.816 bits per heavy atom. The lowest BCUT2D eigenvalue weighted by molar-refractivity contribution is -0.140. The maximum Gasteiger partial charge on any atom is 0.264 e. The Bertz CT molecular complexity index is 1800. The minimum absolute atomic E-state index is 0.0178. The molecule has 9 nitrogen and oxygen atoms in total. The second-order valence-corrected chi connectivity index (χ2v) is 14.4. The molecule has 1 aliphatic carbocycles. The van der Waals surface area contributed by atoms with Crippen LogP contribution in [0.5, 0.6) is 11.5 Å². The van der Waals surface area contributed by atoms with Crippen molar-refractivity contribution in [1.82, 2.24) is 10.2 Å². The molecule has 0 aromatic heterocycles. The summed E-state index contributed by atoms with van der Waals surface area (Å²) in [5.74, 6) is -0.222. The first-order chi connectivity index (χ1) is 23.7. The summed E-state index contributed by atoms with van der Waals surface area (Å²) >= 11 is 6.18. The van der Waals surface area contributed by atoms with Crippen molar-refractivity contribution in [1.29, 1.82) is 0 Å². The number of halogens is 1. The normalized spacial score (nSPS) is 14.0. The highest BCUT2D eigenvalue weighted by Crippen LogP contribution is 2.33. The minimum atomic E-state index is -4.35. The first-order valence-electron chi connectivity index (χ1n) is 16.4. The number of methoxy groups -OCH3 is 2. The van der Waals surface area contributed by atoms with Crippen molar-refractivity contribution in [3.05, 3.63) is 119 Å². The lowest BCUT2D eigenvalue weighted by Gasteiger charge is -2.35. The van der Waals surface area contributed by atoms with Gasteiger partial charge in [-0.2, -0.15) is 0 Å². The van der Waals surface area contributed by atoms with E-state index in [0.717, 1.165) is 47.5 Å². The van der Waals surface area contributed by atoms with Crippen LogP contribution in [0.1, 0.15) is 43.2 Å². The van der Waals surface area contributed by atoms with Gasteiger partial charge in [-0.15, -0.1) is 0 Å². The van der Waals surface area contributed by atoms with E-state index in [-0.39, 0.29) is 41.2 Å². The quantitative estimate of drug-likeness (QED) is 0.158. The Kier molecular flexibility index (Phi) is 12.2. The van der Waals surface area contributed by atoms with Crippen LogP contribution in [0.15, 0.2) is 108 Å². The molecule has 0 bridgehead atoms. The number of rotatable bonds is 14. The van der Waals surface area contributed by atoms with E-state index in [9.17, 15) is 18.0 Å². The van der Waals surface area contributed by atoms with Crippen molar-refractivity contribution in [3.8, 4) is 11.5 Å². The van der Waals surface area contributed by atoms with Crippen LogP contribution in [-0.4, -0.2) is 58.0 Å². The topological polar surface area (TPSA) is 105 Å². The monoisotopic (exact) mass is 703 g/mol. The second kappa shape index (κ2) is 16.7. The van der Waals surface area contributed by atoms with Gasteiger partial charge in [0, 0.05) is 30.1 Å². The smallest absolute Gasteiger partial charge is 0.264 e. The predicted molar refractivity (Wildman–Crippen MR) is 191 cm³/mol. The summed E-state index contributed by atoms with van der Waals surface area (Å²) in [7, 11) is -1.47. The molecular formula is C38H42ClN3O6S. The van der Waals surface area contributed by atoms with Crippen LogP contribution in [0.25, 0.3) is 0 Å². The van der Waals surface area contributed by atoms with Crippen molar-refractivity contribution in [3.63, 3.8) is 0 Å². The highest BCUT2D eigenvalue weighted by molar-refractivity contribution is 7.92. The predicted octanol–water partition coefficient (Wildman–Crippen LogP) is 6.64. The average Bonchev–Trinajstić information content (AvgIpc) is 3.13. The van der Waals surface area contributed by atoms with Crippen LogP contribution >= 0.6 is 11.6 Å². The van der Waals surface area contributed by atoms with Gasteiger partial charge in [0.15, 0.2) is 11.5 Å². The maximum absolute atomic E-state index is 14.7. The number of hydrogen-bond acceptors (Lipinski definition) is 6. The number of benzene rings is 4. The summed E-state index contributed by atoms with van der Waals surface area (Å²) < 4.78 is 40.6. The third-order valence-corrected chi connectivity index (χ3v) is 10.8. The van der Waals surface area contributed by atoms with Crippen molar-refractivity contribution >= 4 is 39.1 Å². The molecule has 1 saturated carbocycles. The Hall–Kier alpha value is -4.54. The number of nitrogens with zero attached hydrogens (tertiary/aromatic N) is 2. The van der Waals surface area contributed by atoms with Gasteiger partial charge < -0.3 is 19.7 Å². The lowest BCUT2D eigenvalue weighted by Crippen LogP contribution is -2.55. The Labute approximate surface area is 293 Å². The number of hydrogen-bond donors (Lipinski definition) is 1. The van der Waals surface area contributed by atoms with Crippen molar-refractivity contribution < 1.29 is 27.5 Å². The third-order valence-electron chi connectivity index (χ3n) is 8.75. The second-order valence-electron chi connectivity index (χ2n) is 12.1. The average molecular weight is 704 g/mol. The highest BCUT2D eigenvalue weighted by Gasteiger charge is 2.35. The van der Waals surface area contributed by atoms with E-state index in [1.807, 2.05) is 60.7 Å². The van der Waals surface area contributed by atoms with E-state index in [2.05, 4.69) is 5.32 Å². The SMILES string of the molecule is COc1ccc(S(=O)(=O)N(CC(=O)N(Cc2ccccc2)C(Cc2ccccc2)C(=O)NC2CCCCC2)c2ccc(Cl)cc2)cc1OC. The van der Waals surface area contributed by atoms with Gasteiger partial charge in [-0.05, 0) is 60.4 Å². The molecule has 49 heavy (non-hydrogen) atoms. The Morgan fingerprint density at radius 2 is 1.43 bits per heavy atom. The van der Waals surface area contributed by atoms with Crippen LogP contribution in [0, 0.1) is 0 Å². The van der Waals surface area contributed by atoms with E-state index in [1.54, 1.807) is 24.3 Å². The fourth-order valence-electron chi connectivity index (χ4n) is 6.12. The molecule has 258 valence electrons. The van der Waals surface area contributed by atoms with Crippen molar-refractivity contribution in [2.75, 3.05) is 25.1 Å². The first kappa shape index (κ1) is 35.8. The van der Waals surface area contributed by atoms with Crippen LogP contribution in [-0.2, 0) is 32.6 Å². The molecule has 0 aliphatic heterocycles. The zero-order valence-electron chi connectivity index (χ0n) is 27.8. The van der Waals surface area contributed by atoms with Gasteiger partial charge in [-0.1, -0.05) is 91.5 Å². The minimum Gasteiger partial charge on any atom is -0.493 e. The molecule has 1 N–H and O–H groups in total. The molecule has 0 saturated heterocycles. The molecule has 0 heterocycles. The molecule has 11 heteroatoms. The fourth-order valence-corrected chi connectivity index (χ4v) is 7.67. The molecule has 1 atom stereocenters. The molecule has 1 unspecified atom stereocenters. The van der Waals surface area contributed by atoms with E-state index < -0.39 is 28.5 Å². The number of ether oxygens (including phenoxy) is 2. The Morgan fingerprint density at radius 3 is 2.04 bits per heavy atom. The van der Waals surface area contributed by atoms with Gasteiger partial charge in [0.2, 0.25) is 11.8 Å². The maximum atomic E-state index is 14.7. The molecule has 2 amide bonds. The molecule has 0 radical (unpaired) electrons. The standard InChI is InChI=1S/C38H42ClN3O6S/c1-47-35-23-22-33(25-36(35)48-2)49(45,46)42(32-20-18-30(39)19-21-32)27-37(43)41(26-29-14-8-4-9-15-29)34(24-28-12-6-3-7-13-28)38(44)40-31-16-10-5-11-17-31/h3-4,6-9,12-15,18-23,25,31,34H,5,10-11,16-17,24,26-27H2,1-2H3,(H,40,44). The number of anilines is 1. The van der Waals surface area contributed by atoms with Crippen molar-refractivity contribution in [2.24, 2.45) is 0 Å². The van der Waals surface area contributed by atoms with Crippen molar-refractivity contribution in [2.45, 2.75) is 62.0 Å². The zero-order valence-corrected chi connectivity index (χ0v) is 29.3. The van der Waals surface area contributed by atoms with Gasteiger partial charge in [-0.25, -0.2) is 8.42 Å². The molecule has 1 fully saturated rings. The molecule has 0 spiro atoms.